The maximum Gasteiger partial charge on any atom is 0.262 e. The van der Waals surface area contributed by atoms with Gasteiger partial charge in [-0.1, -0.05) is 26.0 Å². The summed E-state index contributed by atoms with van der Waals surface area (Å²) in [6.45, 7) is 4.85. The highest BCUT2D eigenvalue weighted by atomic mass is 16.5. The molecular formula is C19H23NO4. The maximum absolute atomic E-state index is 11.8. The van der Waals surface area contributed by atoms with Crippen LogP contribution in [0.5, 0.6) is 17.2 Å². The van der Waals surface area contributed by atoms with Crippen molar-refractivity contribution in [2.75, 3.05) is 18.5 Å². The first-order valence-corrected chi connectivity index (χ1v) is 7.98. The fourth-order valence-electron chi connectivity index (χ4n) is 1.96. The number of ether oxygens (including phenoxy) is 2. The van der Waals surface area contributed by atoms with Crippen molar-refractivity contribution >= 4 is 11.6 Å². The van der Waals surface area contributed by atoms with Crippen LogP contribution >= 0.6 is 0 Å². The molecule has 0 aliphatic heterocycles. The zero-order valence-electron chi connectivity index (χ0n) is 14.0. The van der Waals surface area contributed by atoms with E-state index in [0.717, 1.165) is 12.2 Å². The Bertz CT molecular complexity index is 653. The van der Waals surface area contributed by atoms with Gasteiger partial charge in [0.2, 0.25) is 0 Å². The molecule has 128 valence electrons. The van der Waals surface area contributed by atoms with E-state index in [4.69, 9.17) is 9.47 Å². The Kier molecular flexibility index (Phi) is 6.49. The van der Waals surface area contributed by atoms with Crippen molar-refractivity contribution in [2.45, 2.75) is 20.3 Å². The summed E-state index contributed by atoms with van der Waals surface area (Å²) < 4.78 is 11.1. The Hall–Kier alpha value is -2.69. The van der Waals surface area contributed by atoms with E-state index in [0.29, 0.717) is 24.0 Å². The third-order valence-corrected chi connectivity index (χ3v) is 3.34. The van der Waals surface area contributed by atoms with Gasteiger partial charge >= 0.3 is 0 Å². The lowest BCUT2D eigenvalue weighted by Gasteiger charge is -2.10. The minimum atomic E-state index is -0.339. The molecule has 0 aromatic heterocycles. The number of nitrogens with one attached hydrogen (secondary N) is 1. The third-order valence-electron chi connectivity index (χ3n) is 3.34. The average Bonchev–Trinajstić information content (AvgIpc) is 2.56. The van der Waals surface area contributed by atoms with Gasteiger partial charge in [0, 0.05) is 0 Å². The van der Waals surface area contributed by atoms with Gasteiger partial charge in [0.05, 0.1) is 12.3 Å². The van der Waals surface area contributed by atoms with Crippen LogP contribution in [0.1, 0.15) is 20.3 Å². The van der Waals surface area contributed by atoms with Crippen molar-refractivity contribution in [3.8, 4) is 17.2 Å². The number of benzene rings is 2. The zero-order valence-corrected chi connectivity index (χ0v) is 14.0. The van der Waals surface area contributed by atoms with Crippen LogP contribution < -0.4 is 14.8 Å². The Morgan fingerprint density at radius 3 is 2.29 bits per heavy atom. The van der Waals surface area contributed by atoms with Gasteiger partial charge in [0.15, 0.2) is 6.61 Å². The SMILES string of the molecule is CC(C)CCOc1ccc(OCC(=O)Nc2ccccc2O)cc1. The lowest BCUT2D eigenvalue weighted by atomic mass is 10.1. The van der Waals surface area contributed by atoms with Crippen LogP contribution in [0.2, 0.25) is 0 Å². The summed E-state index contributed by atoms with van der Waals surface area (Å²) in [7, 11) is 0. The second-order valence-corrected chi connectivity index (χ2v) is 5.86. The minimum absolute atomic E-state index is 0.0220. The van der Waals surface area contributed by atoms with Crippen LogP contribution in [0.4, 0.5) is 5.69 Å². The highest BCUT2D eigenvalue weighted by Crippen LogP contribution is 2.22. The number of hydrogen-bond acceptors (Lipinski definition) is 4. The largest absolute Gasteiger partial charge is 0.506 e. The van der Waals surface area contributed by atoms with Crippen molar-refractivity contribution in [1.29, 1.82) is 0 Å². The molecule has 0 fully saturated rings. The summed E-state index contributed by atoms with van der Waals surface area (Å²) in [5.41, 5.74) is 0.361. The zero-order chi connectivity index (χ0) is 17.4. The van der Waals surface area contributed by atoms with Gasteiger partial charge in [0.1, 0.15) is 17.2 Å². The van der Waals surface area contributed by atoms with Gasteiger partial charge in [-0.2, -0.15) is 0 Å². The summed E-state index contributed by atoms with van der Waals surface area (Å²) >= 11 is 0. The molecule has 2 rings (SSSR count). The van der Waals surface area contributed by atoms with Crippen LogP contribution in [0.3, 0.4) is 0 Å². The van der Waals surface area contributed by atoms with Crippen LogP contribution in [-0.4, -0.2) is 24.2 Å². The van der Waals surface area contributed by atoms with Crippen LogP contribution in [0.25, 0.3) is 0 Å². The summed E-state index contributed by atoms with van der Waals surface area (Å²) in [5.74, 6) is 1.65. The first-order valence-electron chi connectivity index (χ1n) is 7.98. The molecule has 0 saturated heterocycles. The van der Waals surface area contributed by atoms with E-state index in [2.05, 4.69) is 19.2 Å². The van der Waals surface area contributed by atoms with Gasteiger partial charge in [-0.3, -0.25) is 4.79 Å². The molecule has 0 unspecified atom stereocenters. The van der Waals surface area contributed by atoms with Crippen LogP contribution in [0.15, 0.2) is 48.5 Å². The number of aromatic hydroxyl groups is 1. The number of para-hydroxylation sites is 2. The summed E-state index contributed by atoms with van der Waals surface area (Å²) in [6.07, 6.45) is 1.00. The number of amides is 1. The molecule has 1 amide bonds. The number of hydrogen-bond donors (Lipinski definition) is 2. The summed E-state index contributed by atoms with van der Waals surface area (Å²) in [4.78, 5) is 11.8. The van der Waals surface area contributed by atoms with E-state index >= 15 is 0 Å². The van der Waals surface area contributed by atoms with E-state index in [9.17, 15) is 9.90 Å². The van der Waals surface area contributed by atoms with E-state index in [1.165, 1.54) is 6.07 Å². The second kappa shape index (κ2) is 8.82. The number of carbonyl (C=O) groups excluding carboxylic acids is 1. The van der Waals surface area contributed by atoms with Gasteiger partial charge in [-0.25, -0.2) is 0 Å². The second-order valence-electron chi connectivity index (χ2n) is 5.86. The van der Waals surface area contributed by atoms with Crippen molar-refractivity contribution in [1.82, 2.24) is 0 Å². The molecule has 0 radical (unpaired) electrons. The minimum Gasteiger partial charge on any atom is -0.506 e. The Balaban J connectivity index is 1.77. The Morgan fingerprint density at radius 2 is 1.67 bits per heavy atom. The van der Waals surface area contributed by atoms with Crippen LogP contribution in [0, 0.1) is 5.92 Å². The van der Waals surface area contributed by atoms with Gasteiger partial charge in [0.25, 0.3) is 5.91 Å². The first-order chi connectivity index (χ1) is 11.5. The smallest absolute Gasteiger partial charge is 0.262 e. The Labute approximate surface area is 142 Å². The number of carbonyl (C=O) groups is 1. The lowest BCUT2D eigenvalue weighted by molar-refractivity contribution is -0.118. The first kappa shape index (κ1) is 17.7. The van der Waals surface area contributed by atoms with E-state index in [-0.39, 0.29) is 18.3 Å². The number of rotatable bonds is 8. The molecule has 24 heavy (non-hydrogen) atoms. The van der Waals surface area contributed by atoms with E-state index in [1.54, 1.807) is 30.3 Å². The normalized spacial score (nSPS) is 10.5. The molecule has 2 aromatic rings. The molecule has 0 aliphatic carbocycles. The highest BCUT2D eigenvalue weighted by Gasteiger charge is 2.07. The quantitative estimate of drug-likeness (QED) is 0.722. The maximum atomic E-state index is 11.8. The highest BCUT2D eigenvalue weighted by molar-refractivity contribution is 5.93. The molecule has 2 aromatic carbocycles. The Morgan fingerprint density at radius 1 is 1.04 bits per heavy atom. The molecule has 5 heteroatoms. The summed E-state index contributed by atoms with van der Waals surface area (Å²) in [5, 5.41) is 12.2. The fourth-order valence-corrected chi connectivity index (χ4v) is 1.96. The molecule has 0 bridgehead atoms. The molecular weight excluding hydrogens is 306 g/mol. The molecule has 5 nitrogen and oxygen atoms in total. The molecule has 2 N–H and O–H groups in total. The molecule has 0 atom stereocenters. The lowest BCUT2D eigenvalue weighted by Crippen LogP contribution is -2.20. The van der Waals surface area contributed by atoms with Crippen LogP contribution in [-0.2, 0) is 4.79 Å². The van der Waals surface area contributed by atoms with E-state index < -0.39 is 0 Å². The average molecular weight is 329 g/mol. The topological polar surface area (TPSA) is 67.8 Å². The van der Waals surface area contributed by atoms with Crippen molar-refractivity contribution in [3.05, 3.63) is 48.5 Å². The summed E-state index contributed by atoms with van der Waals surface area (Å²) in [6, 6.07) is 13.7. The fraction of sp³-hybridized carbons (Fsp3) is 0.316. The standard InChI is InChI=1S/C19H23NO4/c1-14(2)11-12-23-15-7-9-16(10-8-15)24-13-19(22)20-17-5-3-4-6-18(17)21/h3-10,14,21H,11-13H2,1-2H3,(H,20,22). The van der Waals surface area contributed by atoms with E-state index in [1.807, 2.05) is 12.1 Å². The molecule has 0 heterocycles. The monoisotopic (exact) mass is 329 g/mol. The molecule has 0 aliphatic rings. The van der Waals surface area contributed by atoms with Crippen molar-refractivity contribution < 1.29 is 19.4 Å². The molecule has 0 saturated carbocycles. The third kappa shape index (κ3) is 5.83. The predicted molar refractivity (Wildman–Crippen MR) is 93.6 cm³/mol. The number of phenolic OH excluding ortho intramolecular Hbond substituents is 1. The van der Waals surface area contributed by atoms with Gasteiger partial charge < -0.3 is 19.9 Å². The molecule has 0 spiro atoms. The predicted octanol–water partition coefficient (Wildman–Crippen LogP) is 3.83. The van der Waals surface area contributed by atoms with Crippen molar-refractivity contribution in [3.63, 3.8) is 0 Å². The van der Waals surface area contributed by atoms with Gasteiger partial charge in [-0.15, -0.1) is 0 Å². The number of anilines is 1. The number of phenols is 1. The van der Waals surface area contributed by atoms with Gasteiger partial charge in [-0.05, 0) is 48.7 Å². The van der Waals surface area contributed by atoms with Crippen molar-refractivity contribution in [2.24, 2.45) is 5.92 Å².